The van der Waals surface area contributed by atoms with Crippen LogP contribution < -0.4 is 25.8 Å². The van der Waals surface area contributed by atoms with Crippen molar-refractivity contribution in [3.8, 4) is 17.2 Å². The molecule has 0 spiro atoms. The number of benzene rings is 3. The predicted molar refractivity (Wildman–Crippen MR) is 131 cm³/mol. The van der Waals surface area contributed by atoms with Gasteiger partial charge in [0.05, 0.1) is 11.4 Å². The molecule has 1 aliphatic rings. The Kier molecular flexibility index (Phi) is 7.24. The van der Waals surface area contributed by atoms with Crippen LogP contribution in [-0.4, -0.2) is 23.9 Å². The lowest BCUT2D eigenvalue weighted by Gasteiger charge is -2.23. The molecule has 2 atom stereocenters. The normalized spacial score (nSPS) is 13.7. The summed E-state index contributed by atoms with van der Waals surface area (Å²) >= 11 is 0. The Balaban J connectivity index is 1.49. The van der Waals surface area contributed by atoms with E-state index in [2.05, 4.69) is 10.6 Å². The largest absolute Gasteiger partial charge is 0.505 e. The monoisotopic (exact) mass is 493 g/mol. The third-order valence-electron chi connectivity index (χ3n) is 5.40. The second-order valence-corrected chi connectivity index (χ2v) is 8.02. The number of nitrogens with one attached hydrogen (secondary N) is 2. The first-order chi connectivity index (χ1) is 17.3. The molecule has 4 rings (SSSR count). The summed E-state index contributed by atoms with van der Waals surface area (Å²) in [5, 5.41) is 14.8. The van der Waals surface area contributed by atoms with Gasteiger partial charge in [0.25, 0.3) is 0 Å². The summed E-state index contributed by atoms with van der Waals surface area (Å²) in [6.45, 7) is 1.79. The summed E-state index contributed by atoms with van der Waals surface area (Å²) < 4.78 is 30.3. The minimum atomic E-state index is -0.986. The number of anilines is 3. The number of phenolic OH excluding ortho intramolecular Hbond substituents is 1. The first-order valence-corrected chi connectivity index (χ1v) is 11.0. The fourth-order valence-electron chi connectivity index (χ4n) is 3.54. The van der Waals surface area contributed by atoms with E-state index in [1.807, 2.05) is 0 Å². The van der Waals surface area contributed by atoms with Gasteiger partial charge in [-0.05, 0) is 48.0 Å². The Morgan fingerprint density at radius 3 is 2.64 bits per heavy atom. The number of hydrogen-bond acceptors (Lipinski definition) is 7. The van der Waals surface area contributed by atoms with Crippen LogP contribution in [0.4, 0.5) is 26.2 Å². The molecule has 186 valence electrons. The molecule has 2 amide bonds. The summed E-state index contributed by atoms with van der Waals surface area (Å²) in [6.07, 6.45) is 1.01. The van der Waals surface area contributed by atoms with E-state index in [0.29, 0.717) is 28.6 Å². The van der Waals surface area contributed by atoms with Crippen molar-refractivity contribution in [2.75, 3.05) is 23.2 Å². The number of ether oxygens (including phenoxy) is 3. The van der Waals surface area contributed by atoms with E-state index in [-0.39, 0.29) is 12.4 Å². The standard InChI is InChI=1S/C26H24FN3O6/c1-15(6-11-24(32)30-20-5-3-2-4-19(20)28)25(16-7-9-21(31)18(27)12-16)36-26(33)29-17-8-10-22-23(13-17)35-14-34-22/h2-13,15,25,31H,14,28H2,1H3,(H,29,33)(H,30,32)/b11-6+/t15-,25-/m1/s1. The summed E-state index contributed by atoms with van der Waals surface area (Å²) in [5.41, 5.74) is 7.41. The molecule has 36 heavy (non-hydrogen) atoms. The lowest BCUT2D eigenvalue weighted by atomic mass is 9.96. The van der Waals surface area contributed by atoms with Crippen molar-refractivity contribution >= 4 is 29.1 Å². The Morgan fingerprint density at radius 1 is 1.08 bits per heavy atom. The number of aromatic hydroxyl groups is 1. The van der Waals surface area contributed by atoms with Crippen molar-refractivity contribution in [1.29, 1.82) is 0 Å². The maximum absolute atomic E-state index is 14.1. The quantitative estimate of drug-likeness (QED) is 0.270. The molecule has 3 aromatic carbocycles. The van der Waals surface area contributed by atoms with Crippen LogP contribution in [-0.2, 0) is 9.53 Å². The first kappa shape index (κ1) is 24.4. The summed E-state index contributed by atoms with van der Waals surface area (Å²) in [4.78, 5) is 25.1. The van der Waals surface area contributed by atoms with E-state index in [1.54, 1.807) is 49.4 Å². The molecule has 0 unspecified atom stereocenters. The van der Waals surface area contributed by atoms with Gasteiger partial charge in [0.15, 0.2) is 23.1 Å². The van der Waals surface area contributed by atoms with Gasteiger partial charge in [-0.25, -0.2) is 9.18 Å². The third-order valence-corrected chi connectivity index (χ3v) is 5.40. The number of phenols is 1. The SMILES string of the molecule is C[C@H](/C=C/C(=O)Nc1ccccc1N)[C@@H](OC(=O)Nc1ccc2c(c1)OCO2)c1ccc(O)c(F)c1. The zero-order valence-corrected chi connectivity index (χ0v) is 19.2. The molecular formula is C26H24FN3O6. The van der Waals surface area contributed by atoms with Crippen molar-refractivity contribution in [2.45, 2.75) is 13.0 Å². The smallest absolute Gasteiger partial charge is 0.412 e. The Bertz CT molecular complexity index is 1310. The predicted octanol–water partition coefficient (Wildman–Crippen LogP) is 4.96. The molecule has 3 aromatic rings. The number of nitrogens with two attached hydrogens (primary N) is 1. The topological polar surface area (TPSA) is 132 Å². The van der Waals surface area contributed by atoms with Crippen LogP contribution >= 0.6 is 0 Å². The number of carbonyl (C=O) groups is 2. The van der Waals surface area contributed by atoms with Crippen LogP contribution in [0.1, 0.15) is 18.6 Å². The van der Waals surface area contributed by atoms with Crippen LogP contribution in [0.5, 0.6) is 17.2 Å². The number of amides is 2. The van der Waals surface area contributed by atoms with Crippen LogP contribution in [0.25, 0.3) is 0 Å². The second kappa shape index (κ2) is 10.7. The van der Waals surface area contributed by atoms with Gasteiger partial charge >= 0.3 is 6.09 Å². The van der Waals surface area contributed by atoms with Gasteiger partial charge in [-0.1, -0.05) is 31.2 Å². The number of rotatable bonds is 7. The highest BCUT2D eigenvalue weighted by Gasteiger charge is 2.24. The van der Waals surface area contributed by atoms with Gasteiger partial charge in [-0.3, -0.25) is 10.1 Å². The maximum atomic E-state index is 14.1. The van der Waals surface area contributed by atoms with Crippen molar-refractivity contribution in [1.82, 2.24) is 0 Å². The van der Waals surface area contributed by atoms with Crippen LogP contribution in [0, 0.1) is 11.7 Å². The molecule has 0 fully saturated rings. The highest BCUT2D eigenvalue weighted by Crippen LogP contribution is 2.35. The number of carbonyl (C=O) groups excluding carboxylic acids is 2. The average molecular weight is 493 g/mol. The van der Waals surface area contributed by atoms with E-state index in [1.165, 1.54) is 18.2 Å². The molecule has 1 heterocycles. The lowest BCUT2D eigenvalue weighted by molar-refractivity contribution is -0.111. The van der Waals surface area contributed by atoms with Crippen molar-refractivity contribution in [2.24, 2.45) is 5.92 Å². The Labute approximate surface area is 206 Å². The first-order valence-electron chi connectivity index (χ1n) is 11.0. The molecule has 0 aromatic heterocycles. The fraction of sp³-hybridized carbons (Fsp3) is 0.154. The van der Waals surface area contributed by atoms with Gasteiger partial charge < -0.3 is 30.4 Å². The summed E-state index contributed by atoms with van der Waals surface area (Å²) in [5.74, 6) is -1.38. The molecular weight excluding hydrogens is 469 g/mol. The summed E-state index contributed by atoms with van der Waals surface area (Å²) in [6, 6.07) is 15.3. The van der Waals surface area contributed by atoms with Gasteiger partial charge in [-0.2, -0.15) is 0 Å². The summed E-state index contributed by atoms with van der Waals surface area (Å²) in [7, 11) is 0. The number of para-hydroxylation sites is 2. The van der Waals surface area contributed by atoms with Crippen LogP contribution in [0.3, 0.4) is 0 Å². The number of hydrogen-bond donors (Lipinski definition) is 4. The van der Waals surface area contributed by atoms with Crippen molar-refractivity contribution in [3.63, 3.8) is 0 Å². The lowest BCUT2D eigenvalue weighted by Crippen LogP contribution is -2.21. The molecule has 0 saturated heterocycles. The van der Waals surface area contributed by atoms with Crippen molar-refractivity contribution < 1.29 is 33.3 Å². The molecule has 10 heteroatoms. The van der Waals surface area contributed by atoms with E-state index in [4.69, 9.17) is 19.9 Å². The Hall–Kier alpha value is -4.73. The molecule has 0 saturated carbocycles. The van der Waals surface area contributed by atoms with Crippen molar-refractivity contribution in [3.05, 3.63) is 84.2 Å². The zero-order chi connectivity index (χ0) is 25.7. The van der Waals surface area contributed by atoms with E-state index < -0.39 is 35.6 Å². The second-order valence-electron chi connectivity index (χ2n) is 8.02. The number of nitrogen functional groups attached to an aromatic ring is 1. The van der Waals surface area contributed by atoms with Crippen LogP contribution in [0.15, 0.2) is 72.8 Å². The molecule has 0 aliphatic carbocycles. The van der Waals surface area contributed by atoms with Gasteiger partial charge in [0, 0.05) is 17.7 Å². The van der Waals surface area contributed by atoms with Crippen LogP contribution in [0.2, 0.25) is 0 Å². The molecule has 0 bridgehead atoms. The Morgan fingerprint density at radius 2 is 1.86 bits per heavy atom. The van der Waals surface area contributed by atoms with E-state index >= 15 is 0 Å². The molecule has 5 N–H and O–H groups in total. The highest BCUT2D eigenvalue weighted by atomic mass is 19.1. The molecule has 0 radical (unpaired) electrons. The average Bonchev–Trinajstić information content (AvgIpc) is 3.32. The number of fused-ring (bicyclic) bond motifs is 1. The third kappa shape index (κ3) is 5.84. The zero-order valence-electron chi connectivity index (χ0n) is 19.2. The van der Waals surface area contributed by atoms with Gasteiger partial charge in [0.1, 0.15) is 6.10 Å². The minimum Gasteiger partial charge on any atom is -0.505 e. The van der Waals surface area contributed by atoms with E-state index in [9.17, 15) is 19.1 Å². The maximum Gasteiger partial charge on any atom is 0.412 e. The highest BCUT2D eigenvalue weighted by molar-refractivity contribution is 6.01. The fourth-order valence-corrected chi connectivity index (χ4v) is 3.54. The van der Waals surface area contributed by atoms with Gasteiger partial charge in [-0.15, -0.1) is 0 Å². The van der Waals surface area contributed by atoms with E-state index in [0.717, 1.165) is 12.1 Å². The number of halogens is 1. The van der Waals surface area contributed by atoms with Gasteiger partial charge in [0.2, 0.25) is 12.7 Å². The molecule has 1 aliphatic heterocycles. The minimum absolute atomic E-state index is 0.0893. The molecule has 9 nitrogen and oxygen atoms in total.